The second kappa shape index (κ2) is 8.70. The van der Waals surface area contributed by atoms with Crippen LogP contribution in [-0.4, -0.2) is 55.7 Å². The van der Waals surface area contributed by atoms with Gasteiger partial charge in [-0.25, -0.2) is 0 Å². The number of amides is 1. The summed E-state index contributed by atoms with van der Waals surface area (Å²) in [4.78, 5) is 13.8. The predicted octanol–water partition coefficient (Wildman–Crippen LogP) is 2.83. The number of nitrogens with one attached hydrogen (secondary N) is 2. The van der Waals surface area contributed by atoms with E-state index in [4.69, 9.17) is 0 Å². The predicted molar refractivity (Wildman–Crippen MR) is 97.8 cm³/mol. The average molecular weight is 388 g/mol. The van der Waals surface area contributed by atoms with Gasteiger partial charge in [0.15, 0.2) is 0 Å². The van der Waals surface area contributed by atoms with E-state index in [0.717, 1.165) is 10.8 Å². The van der Waals surface area contributed by atoms with Crippen molar-refractivity contribution in [3.8, 4) is 0 Å². The van der Waals surface area contributed by atoms with Crippen LogP contribution in [0, 0.1) is 0 Å². The van der Waals surface area contributed by atoms with E-state index in [1.165, 1.54) is 4.90 Å². The van der Waals surface area contributed by atoms with Crippen molar-refractivity contribution >= 4 is 29.1 Å². The van der Waals surface area contributed by atoms with E-state index in [9.17, 15) is 18.0 Å². The molecule has 26 heavy (non-hydrogen) atoms. The van der Waals surface area contributed by atoms with Crippen molar-refractivity contribution in [3.63, 3.8) is 0 Å². The zero-order valence-electron chi connectivity index (χ0n) is 14.1. The highest BCUT2D eigenvalue weighted by Gasteiger charge is 2.43. The van der Waals surface area contributed by atoms with Gasteiger partial charge in [-0.3, -0.25) is 9.69 Å². The van der Waals surface area contributed by atoms with Crippen molar-refractivity contribution in [2.45, 2.75) is 12.2 Å². The van der Waals surface area contributed by atoms with Crippen LogP contribution in [0.2, 0.25) is 0 Å². The number of carbonyl (C=O) groups is 1. The quantitative estimate of drug-likeness (QED) is 0.848. The fourth-order valence-corrected chi connectivity index (χ4v) is 3.15. The molecule has 1 heterocycles. The molecule has 1 amide bonds. The van der Waals surface area contributed by atoms with Crippen LogP contribution in [0.5, 0.6) is 0 Å². The van der Waals surface area contributed by atoms with Gasteiger partial charge in [-0.1, -0.05) is 36.4 Å². The Balaban J connectivity index is 0.00000243. The number of benzene rings is 2. The summed E-state index contributed by atoms with van der Waals surface area (Å²) in [5.74, 6) is -0.485. The van der Waals surface area contributed by atoms with Crippen LogP contribution in [0.4, 0.5) is 13.2 Å². The summed E-state index contributed by atoms with van der Waals surface area (Å²) in [6.07, 6.45) is -4.39. The molecule has 0 bridgehead atoms. The molecule has 1 aliphatic rings. The fourth-order valence-electron chi connectivity index (χ4n) is 3.15. The van der Waals surface area contributed by atoms with Crippen LogP contribution >= 0.6 is 12.4 Å². The van der Waals surface area contributed by atoms with Gasteiger partial charge in [-0.05, 0) is 16.8 Å². The first-order chi connectivity index (χ1) is 12.0. The minimum Gasteiger partial charge on any atom is -0.350 e. The molecular formula is C18H21ClF3N3O. The number of halogens is 4. The lowest BCUT2D eigenvalue weighted by Gasteiger charge is -2.35. The van der Waals surface area contributed by atoms with E-state index < -0.39 is 24.7 Å². The number of hydrogen-bond acceptors (Lipinski definition) is 3. The molecule has 3 rings (SSSR count). The highest BCUT2D eigenvalue weighted by Crippen LogP contribution is 2.25. The lowest BCUT2D eigenvalue weighted by atomic mass is 10.0. The fraction of sp³-hybridized carbons (Fsp3) is 0.389. The van der Waals surface area contributed by atoms with Gasteiger partial charge in [0, 0.05) is 38.3 Å². The summed E-state index contributed by atoms with van der Waals surface area (Å²) in [5.41, 5.74) is 0.388. The molecule has 0 aliphatic carbocycles. The van der Waals surface area contributed by atoms with Crippen molar-refractivity contribution in [1.29, 1.82) is 0 Å². The molecule has 0 saturated carbocycles. The molecule has 1 aliphatic heterocycles. The van der Waals surface area contributed by atoms with Crippen molar-refractivity contribution in [2.75, 3.05) is 32.7 Å². The minimum atomic E-state index is -4.39. The highest BCUT2D eigenvalue weighted by atomic mass is 35.5. The smallest absolute Gasteiger partial charge is 0.350 e. The van der Waals surface area contributed by atoms with Crippen LogP contribution in [-0.2, 0) is 0 Å². The number of alkyl halides is 3. The number of rotatable bonds is 4. The lowest BCUT2D eigenvalue weighted by Crippen LogP contribution is -2.57. The lowest BCUT2D eigenvalue weighted by molar-refractivity contribution is -0.183. The van der Waals surface area contributed by atoms with Crippen molar-refractivity contribution < 1.29 is 18.0 Å². The molecule has 142 valence electrons. The first-order valence-electron chi connectivity index (χ1n) is 8.24. The van der Waals surface area contributed by atoms with Gasteiger partial charge in [-0.15, -0.1) is 12.4 Å². The zero-order chi connectivity index (χ0) is 17.9. The Morgan fingerprint density at radius 2 is 1.77 bits per heavy atom. The van der Waals surface area contributed by atoms with Crippen LogP contribution < -0.4 is 10.6 Å². The van der Waals surface area contributed by atoms with Gasteiger partial charge in [0.1, 0.15) is 6.04 Å². The Morgan fingerprint density at radius 3 is 2.46 bits per heavy atom. The molecule has 1 unspecified atom stereocenters. The summed E-state index contributed by atoms with van der Waals surface area (Å²) in [7, 11) is 0. The molecule has 4 nitrogen and oxygen atoms in total. The van der Waals surface area contributed by atoms with Gasteiger partial charge < -0.3 is 10.6 Å². The van der Waals surface area contributed by atoms with Gasteiger partial charge >= 0.3 is 6.18 Å². The van der Waals surface area contributed by atoms with E-state index >= 15 is 0 Å². The van der Waals surface area contributed by atoms with Crippen LogP contribution in [0.25, 0.3) is 10.8 Å². The van der Waals surface area contributed by atoms with Crippen LogP contribution in [0.1, 0.15) is 10.4 Å². The SMILES string of the molecule is Cl.O=C(NCC(N1CCNCC1)C(F)(F)F)c1cccc2ccccc12. The molecule has 2 aromatic rings. The van der Waals surface area contributed by atoms with E-state index in [1.807, 2.05) is 18.2 Å². The maximum atomic E-state index is 13.4. The maximum Gasteiger partial charge on any atom is 0.405 e. The Kier molecular flexibility index (Phi) is 6.86. The zero-order valence-corrected chi connectivity index (χ0v) is 14.9. The molecule has 1 atom stereocenters. The maximum absolute atomic E-state index is 13.4. The van der Waals surface area contributed by atoms with Crippen molar-refractivity contribution in [2.24, 2.45) is 0 Å². The van der Waals surface area contributed by atoms with Gasteiger partial charge in [-0.2, -0.15) is 13.2 Å². The number of carbonyl (C=O) groups excluding carboxylic acids is 1. The van der Waals surface area contributed by atoms with E-state index in [2.05, 4.69) is 10.6 Å². The Labute approximate surface area is 156 Å². The number of fused-ring (bicyclic) bond motifs is 1. The van der Waals surface area contributed by atoms with E-state index in [1.54, 1.807) is 24.3 Å². The van der Waals surface area contributed by atoms with E-state index in [0.29, 0.717) is 31.7 Å². The largest absolute Gasteiger partial charge is 0.405 e. The van der Waals surface area contributed by atoms with Crippen LogP contribution in [0.15, 0.2) is 42.5 Å². The summed E-state index contributed by atoms with van der Waals surface area (Å²) >= 11 is 0. The minimum absolute atomic E-state index is 0. The Bertz CT molecular complexity index is 743. The topological polar surface area (TPSA) is 44.4 Å². The molecular weight excluding hydrogens is 367 g/mol. The molecule has 1 fully saturated rings. The summed E-state index contributed by atoms with van der Waals surface area (Å²) in [6.45, 7) is 1.21. The number of hydrogen-bond donors (Lipinski definition) is 2. The Hall–Kier alpha value is -1.83. The first kappa shape index (κ1) is 20.5. The second-order valence-electron chi connectivity index (χ2n) is 6.08. The third-order valence-electron chi connectivity index (χ3n) is 4.46. The normalized spacial score (nSPS) is 16.7. The second-order valence-corrected chi connectivity index (χ2v) is 6.08. The molecule has 2 aromatic carbocycles. The average Bonchev–Trinajstić information content (AvgIpc) is 2.61. The molecule has 0 aromatic heterocycles. The van der Waals surface area contributed by atoms with E-state index in [-0.39, 0.29) is 12.4 Å². The molecule has 1 saturated heterocycles. The summed E-state index contributed by atoms with van der Waals surface area (Å²) in [6, 6.07) is 10.9. The number of piperazine rings is 1. The monoisotopic (exact) mass is 387 g/mol. The van der Waals surface area contributed by atoms with Crippen molar-refractivity contribution in [1.82, 2.24) is 15.5 Å². The summed E-state index contributed by atoms with van der Waals surface area (Å²) < 4.78 is 40.2. The molecule has 0 spiro atoms. The molecule has 8 heteroatoms. The summed E-state index contributed by atoms with van der Waals surface area (Å²) in [5, 5.41) is 7.12. The third-order valence-corrected chi connectivity index (χ3v) is 4.46. The Morgan fingerprint density at radius 1 is 1.12 bits per heavy atom. The van der Waals surface area contributed by atoms with Crippen molar-refractivity contribution in [3.05, 3.63) is 48.0 Å². The third kappa shape index (κ3) is 4.66. The van der Waals surface area contributed by atoms with Gasteiger partial charge in [0.05, 0.1) is 0 Å². The first-order valence-corrected chi connectivity index (χ1v) is 8.24. The highest BCUT2D eigenvalue weighted by molar-refractivity contribution is 6.07. The number of nitrogens with zero attached hydrogens (tertiary/aromatic N) is 1. The van der Waals surface area contributed by atoms with Gasteiger partial charge in [0.25, 0.3) is 5.91 Å². The molecule has 0 radical (unpaired) electrons. The standard InChI is InChI=1S/C18H20F3N3O.ClH/c19-18(20,21)16(24-10-8-22-9-11-24)12-23-17(25)15-7-3-5-13-4-1-2-6-14(13)15;/h1-7,16,22H,8-12H2,(H,23,25);1H. The molecule has 2 N–H and O–H groups in total. The van der Waals surface area contributed by atoms with Crippen LogP contribution in [0.3, 0.4) is 0 Å². The van der Waals surface area contributed by atoms with Gasteiger partial charge in [0.2, 0.25) is 0 Å².